The Hall–Kier alpha value is -1.91. The summed E-state index contributed by atoms with van der Waals surface area (Å²) in [5.41, 5.74) is 12.2. The number of benzene rings is 1. The molecular formula is C10H15N3O2. The molecule has 0 heterocycles. The Morgan fingerprint density at radius 2 is 2.20 bits per heavy atom. The van der Waals surface area contributed by atoms with Gasteiger partial charge in [0.2, 0.25) is 5.91 Å². The van der Waals surface area contributed by atoms with Gasteiger partial charge >= 0.3 is 0 Å². The average molecular weight is 209 g/mol. The first-order valence-corrected chi connectivity index (χ1v) is 4.48. The van der Waals surface area contributed by atoms with Crippen LogP contribution in [-0.4, -0.2) is 26.6 Å². The summed E-state index contributed by atoms with van der Waals surface area (Å²) in [6, 6.07) is 5.37. The Bertz CT molecular complexity index is 366. The molecule has 5 nitrogen and oxygen atoms in total. The van der Waals surface area contributed by atoms with Crippen LogP contribution in [0, 0.1) is 0 Å². The molecule has 0 fully saturated rings. The summed E-state index contributed by atoms with van der Waals surface area (Å²) in [6.07, 6.45) is 0. The molecule has 0 atom stereocenters. The topological polar surface area (TPSA) is 81.6 Å². The summed E-state index contributed by atoms with van der Waals surface area (Å²) in [5, 5.41) is 0. The number of nitrogen functional groups attached to an aromatic ring is 1. The van der Waals surface area contributed by atoms with Crippen LogP contribution in [0.15, 0.2) is 18.2 Å². The maximum absolute atomic E-state index is 10.8. The summed E-state index contributed by atoms with van der Waals surface area (Å²) < 4.78 is 5.07. The second kappa shape index (κ2) is 4.54. The van der Waals surface area contributed by atoms with Crippen molar-refractivity contribution in [1.29, 1.82) is 0 Å². The van der Waals surface area contributed by atoms with Gasteiger partial charge in [-0.2, -0.15) is 0 Å². The molecule has 1 rings (SSSR count). The highest BCUT2D eigenvalue weighted by atomic mass is 16.5. The van der Waals surface area contributed by atoms with E-state index in [9.17, 15) is 4.79 Å². The molecule has 0 bridgehead atoms. The third-order valence-electron chi connectivity index (χ3n) is 2.07. The third-order valence-corrected chi connectivity index (χ3v) is 2.07. The van der Waals surface area contributed by atoms with Crippen LogP contribution in [0.25, 0.3) is 0 Å². The van der Waals surface area contributed by atoms with E-state index in [0.717, 1.165) is 5.69 Å². The van der Waals surface area contributed by atoms with Crippen LogP contribution in [0.2, 0.25) is 0 Å². The van der Waals surface area contributed by atoms with E-state index in [1.165, 1.54) is 0 Å². The lowest BCUT2D eigenvalue weighted by molar-refractivity contribution is -0.116. The maximum atomic E-state index is 10.8. The van der Waals surface area contributed by atoms with Crippen molar-refractivity contribution < 1.29 is 9.53 Å². The normalized spacial score (nSPS) is 9.73. The fourth-order valence-corrected chi connectivity index (χ4v) is 1.36. The number of amides is 1. The fraction of sp³-hybridized carbons (Fsp3) is 0.300. The lowest BCUT2D eigenvalue weighted by atomic mass is 10.2. The van der Waals surface area contributed by atoms with Crippen molar-refractivity contribution in [2.45, 2.75) is 0 Å². The summed E-state index contributed by atoms with van der Waals surface area (Å²) in [6.45, 7) is 0.122. The number of anilines is 2. The van der Waals surface area contributed by atoms with E-state index >= 15 is 0 Å². The predicted molar refractivity (Wildman–Crippen MR) is 59.9 cm³/mol. The molecule has 0 saturated carbocycles. The number of methoxy groups -OCH3 is 1. The molecule has 0 aliphatic rings. The Balaban J connectivity index is 2.98. The van der Waals surface area contributed by atoms with Crippen LogP contribution < -0.4 is 21.1 Å². The van der Waals surface area contributed by atoms with Gasteiger partial charge in [0.05, 0.1) is 25.0 Å². The molecule has 1 aromatic carbocycles. The summed E-state index contributed by atoms with van der Waals surface area (Å²) >= 11 is 0. The molecule has 1 amide bonds. The number of nitrogens with two attached hydrogens (primary N) is 2. The van der Waals surface area contributed by atoms with Crippen LogP contribution >= 0.6 is 0 Å². The molecule has 0 aliphatic carbocycles. The number of hydrogen-bond acceptors (Lipinski definition) is 4. The Labute approximate surface area is 88.6 Å². The highest BCUT2D eigenvalue weighted by Crippen LogP contribution is 2.30. The quantitative estimate of drug-likeness (QED) is 0.694. The monoisotopic (exact) mass is 209 g/mol. The van der Waals surface area contributed by atoms with Crippen molar-refractivity contribution in [3.05, 3.63) is 18.2 Å². The van der Waals surface area contributed by atoms with E-state index in [-0.39, 0.29) is 6.54 Å². The lowest BCUT2D eigenvalue weighted by Crippen LogP contribution is -2.30. The summed E-state index contributed by atoms with van der Waals surface area (Å²) in [4.78, 5) is 12.4. The zero-order chi connectivity index (χ0) is 11.4. The van der Waals surface area contributed by atoms with Gasteiger partial charge in [0.15, 0.2) is 0 Å². The number of primary amides is 1. The predicted octanol–water partition coefficient (Wildman–Crippen LogP) is 0.199. The van der Waals surface area contributed by atoms with E-state index in [2.05, 4.69) is 0 Å². The van der Waals surface area contributed by atoms with Crippen LogP contribution in [0.4, 0.5) is 11.4 Å². The van der Waals surface area contributed by atoms with Crippen LogP contribution in [0.5, 0.6) is 5.75 Å². The molecule has 0 aliphatic heterocycles. The number of carbonyl (C=O) groups excluding carboxylic acids is 1. The van der Waals surface area contributed by atoms with Gasteiger partial charge in [0, 0.05) is 7.05 Å². The molecule has 15 heavy (non-hydrogen) atoms. The maximum Gasteiger partial charge on any atom is 0.236 e. The average Bonchev–Trinajstić information content (AvgIpc) is 2.17. The largest absolute Gasteiger partial charge is 0.495 e. The van der Waals surface area contributed by atoms with Crippen molar-refractivity contribution in [2.24, 2.45) is 5.73 Å². The van der Waals surface area contributed by atoms with Crippen LogP contribution in [0.3, 0.4) is 0 Å². The minimum absolute atomic E-state index is 0.122. The van der Waals surface area contributed by atoms with E-state index in [4.69, 9.17) is 16.2 Å². The van der Waals surface area contributed by atoms with Crippen molar-refractivity contribution in [1.82, 2.24) is 0 Å². The number of nitrogens with zero attached hydrogens (tertiary/aromatic N) is 1. The van der Waals surface area contributed by atoms with Crippen molar-refractivity contribution in [3.8, 4) is 5.75 Å². The van der Waals surface area contributed by atoms with Crippen molar-refractivity contribution in [3.63, 3.8) is 0 Å². The lowest BCUT2D eigenvalue weighted by Gasteiger charge is -2.20. The first kappa shape index (κ1) is 11.2. The second-order valence-corrected chi connectivity index (χ2v) is 3.22. The van der Waals surface area contributed by atoms with Gasteiger partial charge in [-0.15, -0.1) is 0 Å². The minimum Gasteiger partial charge on any atom is -0.495 e. The molecule has 1 aromatic rings. The number of rotatable bonds is 4. The third kappa shape index (κ3) is 2.52. The van der Waals surface area contributed by atoms with E-state index in [1.54, 1.807) is 31.2 Å². The fourth-order valence-electron chi connectivity index (χ4n) is 1.36. The number of likely N-dealkylation sites (N-methyl/N-ethyl adjacent to an activating group) is 1. The Morgan fingerprint density at radius 1 is 1.53 bits per heavy atom. The molecule has 0 saturated heterocycles. The Kier molecular flexibility index (Phi) is 3.38. The zero-order valence-electron chi connectivity index (χ0n) is 8.86. The molecular weight excluding hydrogens is 194 g/mol. The highest BCUT2D eigenvalue weighted by molar-refractivity contribution is 5.82. The molecule has 5 heteroatoms. The molecule has 0 spiro atoms. The highest BCUT2D eigenvalue weighted by Gasteiger charge is 2.10. The number of carbonyl (C=O) groups is 1. The number of para-hydroxylation sites is 1. The van der Waals surface area contributed by atoms with Crippen LogP contribution in [0.1, 0.15) is 0 Å². The zero-order valence-corrected chi connectivity index (χ0v) is 8.86. The first-order valence-electron chi connectivity index (χ1n) is 4.48. The molecule has 0 aromatic heterocycles. The minimum atomic E-state index is -0.403. The van der Waals surface area contributed by atoms with E-state index in [0.29, 0.717) is 11.4 Å². The number of ether oxygens (including phenoxy) is 1. The molecule has 82 valence electrons. The standard InChI is InChI=1S/C10H15N3O2/c1-13(6-9(11)14)7-4-3-5-8(15-2)10(7)12/h3-5H,6,12H2,1-2H3,(H2,11,14). The van der Waals surface area contributed by atoms with Gasteiger partial charge in [-0.05, 0) is 12.1 Å². The molecule has 0 radical (unpaired) electrons. The van der Waals surface area contributed by atoms with Gasteiger partial charge in [0.25, 0.3) is 0 Å². The molecule has 4 N–H and O–H groups in total. The Morgan fingerprint density at radius 3 is 2.73 bits per heavy atom. The van der Waals surface area contributed by atoms with Crippen molar-refractivity contribution >= 4 is 17.3 Å². The van der Waals surface area contributed by atoms with Crippen LogP contribution in [-0.2, 0) is 4.79 Å². The van der Waals surface area contributed by atoms with Gasteiger partial charge < -0.3 is 21.1 Å². The SMILES string of the molecule is COc1cccc(N(C)CC(N)=O)c1N. The smallest absolute Gasteiger partial charge is 0.236 e. The second-order valence-electron chi connectivity index (χ2n) is 3.22. The summed E-state index contributed by atoms with van der Waals surface area (Å²) in [7, 11) is 3.29. The van der Waals surface area contributed by atoms with Gasteiger partial charge in [0.1, 0.15) is 5.75 Å². The van der Waals surface area contributed by atoms with Crippen molar-refractivity contribution in [2.75, 3.05) is 31.3 Å². The summed E-state index contributed by atoms with van der Waals surface area (Å²) in [5.74, 6) is 0.184. The number of hydrogen-bond donors (Lipinski definition) is 2. The van der Waals surface area contributed by atoms with E-state index in [1.807, 2.05) is 6.07 Å². The molecule has 0 unspecified atom stereocenters. The van der Waals surface area contributed by atoms with E-state index < -0.39 is 5.91 Å². The van der Waals surface area contributed by atoms with Gasteiger partial charge in [-0.1, -0.05) is 6.07 Å². The van der Waals surface area contributed by atoms with Gasteiger partial charge in [-0.25, -0.2) is 0 Å². The first-order chi connectivity index (χ1) is 7.06. The van der Waals surface area contributed by atoms with Gasteiger partial charge in [-0.3, -0.25) is 4.79 Å².